The summed E-state index contributed by atoms with van der Waals surface area (Å²) in [6, 6.07) is 20.9. The Balaban J connectivity index is 1.72. The Hall–Kier alpha value is -3.36. The van der Waals surface area contributed by atoms with Crippen LogP contribution in [-0.2, 0) is 20.2 Å². The molecule has 0 unspecified atom stereocenters. The van der Waals surface area contributed by atoms with Gasteiger partial charge in [0.2, 0.25) is 5.96 Å². The van der Waals surface area contributed by atoms with Gasteiger partial charge in [-0.05, 0) is 47.5 Å². The van der Waals surface area contributed by atoms with Crippen molar-refractivity contribution in [3.63, 3.8) is 0 Å². The molecule has 0 aliphatic carbocycles. The van der Waals surface area contributed by atoms with Crippen LogP contribution in [0.2, 0.25) is 5.02 Å². The summed E-state index contributed by atoms with van der Waals surface area (Å²) in [5, 5.41) is 11.6. The summed E-state index contributed by atoms with van der Waals surface area (Å²) in [4.78, 5) is 4.30. The molecule has 3 aromatic rings. The van der Waals surface area contributed by atoms with Crippen molar-refractivity contribution in [1.29, 1.82) is 0 Å². The quantitative estimate of drug-likeness (QED) is 0.306. The molecular weight excluding hydrogens is 567 g/mol. The van der Waals surface area contributed by atoms with Crippen molar-refractivity contribution in [3.8, 4) is 0 Å². The van der Waals surface area contributed by atoms with Crippen LogP contribution in [0.25, 0.3) is 0 Å². The second-order valence-electron chi connectivity index (χ2n) is 8.67. The van der Waals surface area contributed by atoms with Crippen LogP contribution in [0.15, 0.2) is 93.9 Å². The minimum absolute atomic E-state index is 0.0530. The van der Waals surface area contributed by atoms with E-state index in [2.05, 4.69) is 14.8 Å². The Bertz CT molecular complexity index is 1580. The summed E-state index contributed by atoms with van der Waals surface area (Å²) >= 11 is 5.91. The highest BCUT2D eigenvalue weighted by atomic mass is 35.5. The molecule has 10 nitrogen and oxygen atoms in total. The number of hydrogen-bond acceptors (Lipinski definition) is 6. The maximum Gasteiger partial charge on any atom is 0.276 e. The summed E-state index contributed by atoms with van der Waals surface area (Å²) in [7, 11) is -6.79. The van der Waals surface area contributed by atoms with Crippen molar-refractivity contribution >= 4 is 43.5 Å². The fraction of sp³-hybridized carbons (Fsp3) is 0.200. The molecule has 0 aromatic heterocycles. The maximum atomic E-state index is 13.6. The Morgan fingerprint density at radius 1 is 1.08 bits per heavy atom. The Labute approximate surface area is 231 Å². The molecule has 3 aromatic carbocycles. The second kappa shape index (κ2) is 11.8. The van der Waals surface area contributed by atoms with E-state index in [1.54, 1.807) is 12.1 Å². The van der Waals surface area contributed by atoms with Crippen LogP contribution in [0.4, 0.5) is 4.39 Å². The lowest BCUT2D eigenvalue weighted by Gasteiger charge is -2.20. The van der Waals surface area contributed by atoms with Gasteiger partial charge in [0, 0.05) is 24.5 Å². The second-order valence-corrected chi connectivity index (χ2v) is 12.4. The van der Waals surface area contributed by atoms with E-state index >= 15 is 0 Å². The van der Waals surface area contributed by atoms with Crippen molar-refractivity contribution in [2.24, 2.45) is 15.2 Å². The van der Waals surface area contributed by atoms with Gasteiger partial charge < -0.3 is 0 Å². The number of likely N-dealkylation sites (N-methyl/N-ethyl adjacent to an activating group) is 1. The fourth-order valence-corrected chi connectivity index (χ4v) is 5.33. The van der Waals surface area contributed by atoms with Gasteiger partial charge in [0.05, 0.1) is 23.7 Å². The van der Waals surface area contributed by atoms with Gasteiger partial charge in [-0.2, -0.15) is 17.8 Å². The smallest absolute Gasteiger partial charge is 0.249 e. The number of guanidine groups is 1. The molecule has 14 heteroatoms. The summed E-state index contributed by atoms with van der Waals surface area (Å²) in [6.07, 6.45) is 0. The average Bonchev–Trinajstić information content (AvgIpc) is 3.34. The van der Waals surface area contributed by atoms with E-state index in [0.717, 1.165) is 9.87 Å². The van der Waals surface area contributed by atoms with Gasteiger partial charge in [-0.15, -0.1) is 0 Å². The lowest BCUT2D eigenvalue weighted by atomic mass is 9.91. The zero-order valence-corrected chi connectivity index (χ0v) is 23.2. The molecule has 39 heavy (non-hydrogen) atoms. The van der Waals surface area contributed by atoms with Crippen LogP contribution in [0.1, 0.15) is 17.0 Å². The monoisotopic (exact) mass is 592 g/mol. The zero-order valence-electron chi connectivity index (χ0n) is 20.8. The van der Waals surface area contributed by atoms with Crippen LogP contribution < -0.4 is 9.86 Å². The molecule has 0 saturated carbocycles. The molecule has 0 spiro atoms. The van der Waals surface area contributed by atoms with Crippen LogP contribution in [0.5, 0.6) is 0 Å². The molecule has 0 bridgehead atoms. The van der Waals surface area contributed by atoms with Crippen LogP contribution in [-0.4, -0.2) is 64.5 Å². The molecule has 0 radical (unpaired) electrons. The standard InChI is InChI=1S/C25H26ClFN6O4S2/c1-32(39(28,36)37)16-15-29-25(31-38(34,35)22-13-9-20(26)10-14-22)33-17-23(18-5-3-2-4-6-18)24(30-33)19-7-11-21(27)12-8-19/h2-14,23H,15-17H2,1H3,(H,29,31)(H2,28,36,37)/t23-/m0/s1. The molecule has 3 N–H and O–H groups in total. The van der Waals surface area contributed by atoms with Gasteiger partial charge in [0.15, 0.2) is 0 Å². The molecule has 0 amide bonds. The summed E-state index contributed by atoms with van der Waals surface area (Å²) in [6.45, 7) is -0.00147. The van der Waals surface area contributed by atoms with Crippen molar-refractivity contribution in [2.45, 2.75) is 10.8 Å². The highest BCUT2D eigenvalue weighted by molar-refractivity contribution is 7.90. The number of aliphatic imine (C=N–C) groups is 1. The van der Waals surface area contributed by atoms with Gasteiger partial charge in [0.1, 0.15) is 5.82 Å². The van der Waals surface area contributed by atoms with E-state index in [9.17, 15) is 21.2 Å². The predicted octanol–water partition coefficient (Wildman–Crippen LogP) is 2.75. The first-order valence-electron chi connectivity index (χ1n) is 11.7. The number of hydrogen-bond donors (Lipinski definition) is 2. The number of hydrazone groups is 1. The van der Waals surface area contributed by atoms with Gasteiger partial charge in [-0.1, -0.05) is 54.1 Å². The van der Waals surface area contributed by atoms with Gasteiger partial charge in [-0.25, -0.2) is 32.7 Å². The number of halogens is 2. The summed E-state index contributed by atoms with van der Waals surface area (Å²) < 4.78 is 66.7. The van der Waals surface area contributed by atoms with Gasteiger partial charge in [-0.3, -0.25) is 0 Å². The number of benzene rings is 3. The first-order valence-corrected chi connectivity index (χ1v) is 15.0. The minimum atomic E-state index is -4.12. The lowest BCUT2D eigenvalue weighted by molar-refractivity contribution is 0.453. The molecule has 206 valence electrons. The number of nitrogens with zero attached hydrogens (tertiary/aromatic N) is 4. The Morgan fingerprint density at radius 3 is 2.33 bits per heavy atom. The average molecular weight is 593 g/mol. The Kier molecular flexibility index (Phi) is 8.67. The molecule has 0 fully saturated rings. The van der Waals surface area contributed by atoms with E-state index in [4.69, 9.17) is 16.7 Å². The number of nitrogens with two attached hydrogens (primary N) is 1. The largest absolute Gasteiger partial charge is 0.276 e. The third-order valence-corrected chi connectivity index (χ3v) is 8.61. The lowest BCUT2D eigenvalue weighted by Crippen LogP contribution is -2.42. The van der Waals surface area contributed by atoms with Crippen molar-refractivity contribution in [2.75, 3.05) is 26.7 Å². The van der Waals surface area contributed by atoms with E-state index in [0.29, 0.717) is 16.3 Å². The van der Waals surface area contributed by atoms with Crippen molar-refractivity contribution in [3.05, 3.63) is 101 Å². The summed E-state index contributed by atoms with van der Waals surface area (Å²) in [5.41, 5.74) is 2.15. The van der Waals surface area contributed by atoms with Crippen LogP contribution >= 0.6 is 11.6 Å². The molecular formula is C25H26ClFN6O4S2. The van der Waals surface area contributed by atoms with Crippen LogP contribution in [0, 0.1) is 5.82 Å². The van der Waals surface area contributed by atoms with E-state index in [1.165, 1.54) is 48.5 Å². The molecule has 4 rings (SSSR count). The predicted molar refractivity (Wildman–Crippen MR) is 149 cm³/mol. The Morgan fingerprint density at radius 2 is 1.72 bits per heavy atom. The molecule has 1 aliphatic rings. The molecule has 1 atom stereocenters. The first kappa shape index (κ1) is 28.6. The van der Waals surface area contributed by atoms with Crippen molar-refractivity contribution < 1.29 is 21.2 Å². The summed E-state index contributed by atoms with van der Waals surface area (Å²) in [5.74, 6) is -0.817. The van der Waals surface area contributed by atoms with E-state index < -0.39 is 26.0 Å². The van der Waals surface area contributed by atoms with Gasteiger partial charge in [0.25, 0.3) is 20.2 Å². The van der Waals surface area contributed by atoms with Crippen molar-refractivity contribution in [1.82, 2.24) is 14.0 Å². The zero-order chi connectivity index (χ0) is 28.2. The number of rotatable bonds is 8. The highest BCUT2D eigenvalue weighted by Gasteiger charge is 2.33. The highest BCUT2D eigenvalue weighted by Crippen LogP contribution is 2.29. The topological polar surface area (TPSA) is 138 Å². The third-order valence-electron chi connectivity index (χ3n) is 5.96. The first-order chi connectivity index (χ1) is 18.4. The third kappa shape index (κ3) is 7.19. The van der Waals surface area contributed by atoms with Gasteiger partial charge >= 0.3 is 0 Å². The molecule has 0 saturated heterocycles. The molecule has 1 aliphatic heterocycles. The van der Waals surface area contributed by atoms with E-state index in [1.807, 2.05) is 30.3 Å². The normalized spacial score (nSPS) is 16.4. The van der Waals surface area contributed by atoms with Crippen LogP contribution in [0.3, 0.4) is 0 Å². The number of sulfonamides is 1. The molecule has 1 heterocycles. The maximum absolute atomic E-state index is 13.6. The minimum Gasteiger partial charge on any atom is -0.249 e. The van der Waals surface area contributed by atoms with E-state index in [-0.39, 0.29) is 36.4 Å². The SMILES string of the molecule is CN(CC/N=C(/NS(=O)(=O)c1ccc(Cl)cc1)N1C[C@@H](c2ccccc2)C(c2ccc(F)cc2)=N1)S(N)(=O)=O. The fourth-order valence-electron chi connectivity index (χ4n) is 3.85. The number of nitrogens with one attached hydrogen (secondary N) is 1.